The fraction of sp³-hybridized carbons (Fsp3) is 0.0769. The molecule has 0 spiro atoms. The Morgan fingerprint density at radius 3 is 2.47 bits per heavy atom. The summed E-state index contributed by atoms with van der Waals surface area (Å²) in [7, 11) is 0. The molecule has 0 unspecified atom stereocenters. The molecule has 0 bridgehead atoms. The van der Waals surface area contributed by atoms with Crippen LogP contribution in [0, 0.1) is 11.6 Å². The third kappa shape index (κ3) is 2.71. The highest BCUT2D eigenvalue weighted by Crippen LogP contribution is 2.27. The maximum absolute atomic E-state index is 13.9. The molecule has 1 aromatic heterocycles. The van der Waals surface area contributed by atoms with E-state index in [2.05, 4.69) is 4.98 Å². The van der Waals surface area contributed by atoms with E-state index in [1.807, 2.05) is 0 Å². The zero-order valence-electron chi connectivity index (χ0n) is 9.66. The van der Waals surface area contributed by atoms with Crippen molar-refractivity contribution < 1.29 is 13.6 Å². The van der Waals surface area contributed by atoms with Crippen LogP contribution in [0.5, 0.6) is 0 Å². The van der Waals surface area contributed by atoms with Crippen molar-refractivity contribution in [1.82, 2.24) is 4.98 Å². The summed E-state index contributed by atoms with van der Waals surface area (Å²) in [6, 6.07) is 5.52. The molecule has 0 fully saturated rings. The van der Waals surface area contributed by atoms with E-state index in [1.54, 1.807) is 0 Å². The zero-order chi connectivity index (χ0) is 14.0. The van der Waals surface area contributed by atoms with Crippen LogP contribution in [0.1, 0.15) is 21.7 Å². The summed E-state index contributed by atoms with van der Waals surface area (Å²) in [5, 5.41) is -0.199. The first-order valence-electron chi connectivity index (χ1n) is 5.36. The maximum Gasteiger partial charge on any atom is 0.170 e. The number of hydrogen-bond acceptors (Lipinski definition) is 3. The van der Waals surface area contributed by atoms with Crippen molar-refractivity contribution in [3.8, 4) is 0 Å². The van der Waals surface area contributed by atoms with Gasteiger partial charge in [0.2, 0.25) is 0 Å². The minimum atomic E-state index is -0.764. The highest BCUT2D eigenvalue weighted by atomic mass is 35.5. The van der Waals surface area contributed by atoms with Crippen molar-refractivity contribution in [2.45, 2.75) is 6.42 Å². The Hall–Kier alpha value is -2.01. The molecule has 0 saturated heterocycles. The number of hydrogen-bond donors (Lipinski definition) is 1. The number of aldehydes is 1. The first kappa shape index (κ1) is 13.4. The van der Waals surface area contributed by atoms with Crippen LogP contribution in [-0.4, -0.2) is 11.3 Å². The van der Waals surface area contributed by atoms with Crippen LogP contribution >= 0.6 is 11.6 Å². The summed E-state index contributed by atoms with van der Waals surface area (Å²) in [5.74, 6) is -1.15. The molecule has 0 amide bonds. The molecule has 0 aliphatic heterocycles. The van der Waals surface area contributed by atoms with E-state index in [1.165, 1.54) is 24.3 Å². The van der Waals surface area contributed by atoms with Crippen LogP contribution in [-0.2, 0) is 6.42 Å². The number of benzene rings is 1. The third-order valence-corrected chi connectivity index (χ3v) is 3.00. The van der Waals surface area contributed by atoms with Gasteiger partial charge >= 0.3 is 0 Å². The minimum absolute atomic E-state index is 0.00407. The Morgan fingerprint density at radius 1 is 1.26 bits per heavy atom. The highest BCUT2D eigenvalue weighted by molar-refractivity contribution is 6.35. The van der Waals surface area contributed by atoms with E-state index < -0.39 is 5.82 Å². The lowest BCUT2D eigenvalue weighted by Gasteiger charge is -2.08. The van der Waals surface area contributed by atoms with Crippen molar-refractivity contribution in [2.24, 2.45) is 0 Å². The monoisotopic (exact) mass is 282 g/mol. The summed E-state index contributed by atoms with van der Waals surface area (Å²) >= 11 is 5.69. The van der Waals surface area contributed by atoms with E-state index in [0.29, 0.717) is 11.8 Å². The van der Waals surface area contributed by atoms with E-state index in [4.69, 9.17) is 17.3 Å². The Balaban J connectivity index is 2.42. The summed E-state index contributed by atoms with van der Waals surface area (Å²) in [6.45, 7) is 0. The number of nitrogens with zero attached hydrogens (tertiary/aromatic N) is 1. The first-order chi connectivity index (χ1) is 9.02. The third-order valence-electron chi connectivity index (χ3n) is 2.60. The molecule has 1 aromatic carbocycles. The fourth-order valence-electron chi connectivity index (χ4n) is 1.62. The molecule has 0 radical (unpaired) electrons. The number of carbonyl (C=O) groups excluding carboxylic acids is 1. The quantitative estimate of drug-likeness (QED) is 0.881. The van der Waals surface area contributed by atoms with Gasteiger partial charge in [0.25, 0.3) is 0 Å². The summed E-state index contributed by atoms with van der Waals surface area (Å²) in [4.78, 5) is 14.6. The van der Waals surface area contributed by atoms with Crippen molar-refractivity contribution in [2.75, 3.05) is 5.73 Å². The lowest BCUT2D eigenvalue weighted by atomic mass is 10.1. The first-order valence-corrected chi connectivity index (χ1v) is 5.73. The van der Waals surface area contributed by atoms with Gasteiger partial charge < -0.3 is 5.73 Å². The van der Waals surface area contributed by atoms with Gasteiger partial charge in [0.1, 0.15) is 11.5 Å². The van der Waals surface area contributed by atoms with Gasteiger partial charge in [-0.05, 0) is 17.7 Å². The van der Waals surface area contributed by atoms with E-state index in [0.717, 1.165) is 0 Å². The second-order valence-corrected chi connectivity index (χ2v) is 4.28. The largest absolute Gasteiger partial charge is 0.395 e. The van der Waals surface area contributed by atoms with Gasteiger partial charge in [0.15, 0.2) is 12.1 Å². The summed E-state index contributed by atoms with van der Waals surface area (Å²) in [5.41, 5.74) is 5.69. The number of carbonyl (C=O) groups is 1. The molecule has 3 nitrogen and oxygen atoms in total. The van der Waals surface area contributed by atoms with Crippen molar-refractivity contribution in [1.29, 1.82) is 0 Å². The lowest BCUT2D eigenvalue weighted by molar-refractivity contribution is 0.111. The predicted molar refractivity (Wildman–Crippen MR) is 68.2 cm³/mol. The molecule has 1 heterocycles. The number of nitrogens with two attached hydrogens (primary N) is 1. The molecule has 98 valence electrons. The highest BCUT2D eigenvalue weighted by Gasteiger charge is 2.16. The standard InChI is InChI=1S/C13H9ClF2N2O/c14-11-10(6-19)18-9(12(16)13(11)17)5-7-1-3-8(15)4-2-7/h1-4,6H,5H2,(H2,17,18). The van der Waals surface area contributed by atoms with Gasteiger partial charge in [-0.1, -0.05) is 23.7 Å². The molecule has 2 aromatic rings. The summed E-state index contributed by atoms with van der Waals surface area (Å²) < 4.78 is 26.6. The molecule has 0 aliphatic rings. The average molecular weight is 283 g/mol. The number of aromatic nitrogens is 1. The molecule has 2 rings (SSSR count). The van der Waals surface area contributed by atoms with Crippen LogP contribution in [0.15, 0.2) is 24.3 Å². The smallest absolute Gasteiger partial charge is 0.170 e. The number of rotatable bonds is 3. The van der Waals surface area contributed by atoms with Crippen molar-refractivity contribution in [3.63, 3.8) is 0 Å². The number of pyridine rings is 1. The van der Waals surface area contributed by atoms with Crippen LogP contribution in [0.3, 0.4) is 0 Å². The molecule has 0 saturated carbocycles. The Bertz CT molecular complexity index is 630. The molecule has 0 atom stereocenters. The molecular weight excluding hydrogens is 274 g/mol. The van der Waals surface area contributed by atoms with Crippen molar-refractivity contribution >= 4 is 23.6 Å². The van der Waals surface area contributed by atoms with E-state index in [9.17, 15) is 13.6 Å². The summed E-state index contributed by atoms with van der Waals surface area (Å²) in [6.07, 6.45) is 0.501. The second-order valence-electron chi connectivity index (χ2n) is 3.91. The van der Waals surface area contributed by atoms with Crippen LogP contribution in [0.4, 0.5) is 14.5 Å². The Labute approximate surface area is 113 Å². The molecule has 0 aliphatic carbocycles. The van der Waals surface area contributed by atoms with E-state index >= 15 is 0 Å². The van der Waals surface area contributed by atoms with E-state index in [-0.39, 0.29) is 34.3 Å². The molecular formula is C13H9ClF2N2O. The van der Waals surface area contributed by atoms with Crippen LogP contribution in [0.25, 0.3) is 0 Å². The molecule has 19 heavy (non-hydrogen) atoms. The van der Waals surface area contributed by atoms with Gasteiger partial charge in [-0.3, -0.25) is 4.79 Å². The fourth-order valence-corrected chi connectivity index (χ4v) is 1.79. The number of nitrogen functional groups attached to an aromatic ring is 1. The Morgan fingerprint density at radius 2 is 1.89 bits per heavy atom. The maximum atomic E-state index is 13.9. The number of halogens is 3. The van der Waals surface area contributed by atoms with Gasteiger partial charge in [0.05, 0.1) is 16.4 Å². The van der Waals surface area contributed by atoms with Crippen LogP contribution in [0.2, 0.25) is 5.02 Å². The average Bonchev–Trinajstić information content (AvgIpc) is 2.42. The Kier molecular flexibility index (Phi) is 3.76. The SMILES string of the molecule is Nc1c(F)c(Cc2ccc(F)cc2)nc(C=O)c1Cl. The number of anilines is 1. The van der Waals surface area contributed by atoms with Gasteiger partial charge in [-0.15, -0.1) is 0 Å². The van der Waals surface area contributed by atoms with Gasteiger partial charge in [0, 0.05) is 6.42 Å². The molecule has 6 heteroatoms. The normalized spacial score (nSPS) is 10.5. The second kappa shape index (κ2) is 5.32. The topological polar surface area (TPSA) is 56.0 Å². The minimum Gasteiger partial charge on any atom is -0.395 e. The van der Waals surface area contributed by atoms with Crippen LogP contribution < -0.4 is 5.73 Å². The predicted octanol–water partition coefficient (Wildman–Crippen LogP) is 3.00. The lowest BCUT2D eigenvalue weighted by Crippen LogP contribution is -2.06. The molecule has 2 N–H and O–H groups in total. The van der Waals surface area contributed by atoms with Gasteiger partial charge in [-0.25, -0.2) is 13.8 Å². The van der Waals surface area contributed by atoms with Gasteiger partial charge in [-0.2, -0.15) is 0 Å². The van der Waals surface area contributed by atoms with Crippen molar-refractivity contribution in [3.05, 3.63) is 57.9 Å². The zero-order valence-corrected chi connectivity index (χ0v) is 10.4.